The summed E-state index contributed by atoms with van der Waals surface area (Å²) in [7, 11) is 0. The molecule has 0 unspecified atom stereocenters. The number of aliphatic hydroxyl groups is 1. The van der Waals surface area contributed by atoms with Crippen LogP contribution in [0.25, 0.3) is 10.9 Å². The Morgan fingerprint density at radius 3 is 2.46 bits per heavy atom. The van der Waals surface area contributed by atoms with Crippen LogP contribution in [0.4, 0.5) is 24.7 Å². The molecule has 1 atom stereocenters. The molecule has 0 saturated carbocycles. The molecule has 4 rings (SSSR count). The lowest BCUT2D eigenvalue weighted by Crippen LogP contribution is -2.41. The summed E-state index contributed by atoms with van der Waals surface area (Å²) >= 11 is 0. The first kappa shape index (κ1) is 25.1. The van der Waals surface area contributed by atoms with Crippen molar-refractivity contribution in [3.05, 3.63) is 52.6 Å². The maximum atomic E-state index is 15.3. The van der Waals surface area contributed by atoms with Crippen molar-refractivity contribution in [1.29, 1.82) is 0 Å². The number of hydrogen-bond acceptors (Lipinski definition) is 7. The lowest BCUT2D eigenvalue weighted by atomic mass is 9.91. The van der Waals surface area contributed by atoms with Crippen molar-refractivity contribution in [2.24, 2.45) is 0 Å². The lowest BCUT2D eigenvalue weighted by Gasteiger charge is -2.30. The second kappa shape index (κ2) is 9.23. The maximum Gasteiger partial charge on any atom is 0.303 e. The van der Waals surface area contributed by atoms with Gasteiger partial charge in [-0.15, -0.1) is 5.10 Å². The molecule has 0 radical (unpaired) electrons. The van der Waals surface area contributed by atoms with Gasteiger partial charge in [0.1, 0.15) is 11.4 Å². The highest BCUT2D eigenvalue weighted by Gasteiger charge is 2.49. The van der Waals surface area contributed by atoms with Crippen LogP contribution in [-0.4, -0.2) is 52.2 Å². The van der Waals surface area contributed by atoms with Crippen LogP contribution in [-0.2, 0) is 10.7 Å². The summed E-state index contributed by atoms with van der Waals surface area (Å²) in [5.74, 6) is -4.48. The number of halogens is 3. The first-order chi connectivity index (χ1) is 16.4. The van der Waals surface area contributed by atoms with Crippen LogP contribution in [0.5, 0.6) is 0 Å². The summed E-state index contributed by atoms with van der Waals surface area (Å²) in [5, 5.41) is 22.2. The number of pyridine rings is 1. The number of fused-ring (bicyclic) bond motifs is 1. The molecule has 188 valence electrons. The molecular weight excluding hydrogens is 459 g/mol. The average Bonchev–Trinajstić information content (AvgIpc) is 2.80. The lowest BCUT2D eigenvalue weighted by molar-refractivity contribution is -0.170. The van der Waals surface area contributed by atoms with E-state index in [0.717, 1.165) is 44.4 Å². The Morgan fingerprint density at radius 2 is 1.80 bits per heavy atom. The van der Waals surface area contributed by atoms with Crippen LogP contribution in [0.2, 0.25) is 0 Å². The van der Waals surface area contributed by atoms with Gasteiger partial charge in [0.05, 0.1) is 47.4 Å². The molecule has 0 aliphatic carbocycles. The molecule has 2 aromatic heterocycles. The maximum absolute atomic E-state index is 15.3. The fraction of sp³-hybridized carbons (Fsp3) is 0.480. The number of aromatic nitrogens is 3. The third kappa shape index (κ3) is 4.64. The molecule has 3 aromatic rings. The zero-order valence-electron chi connectivity index (χ0n) is 20.5. The Bertz CT molecular complexity index is 1240. The van der Waals surface area contributed by atoms with Crippen molar-refractivity contribution in [2.75, 3.05) is 36.5 Å². The third-order valence-corrected chi connectivity index (χ3v) is 6.39. The summed E-state index contributed by atoms with van der Waals surface area (Å²) in [6.07, 6.45) is 0. The standard InChI is InChI=1S/C25H30F3N5O2/c1-14(17-7-6-8-19(21(17)26)25(27,28)24(4,5)34)30-23-18-13-20(33-9-11-35-12-10-33)15(2)29-22(18)16(3)31-32-23/h6-8,13-14,34H,9-12H2,1-5H3,(H,30,32)/t14-/m1/s1. The first-order valence-corrected chi connectivity index (χ1v) is 11.5. The van der Waals surface area contributed by atoms with E-state index in [2.05, 4.69) is 20.4 Å². The summed E-state index contributed by atoms with van der Waals surface area (Å²) in [4.78, 5) is 6.95. The molecule has 0 bridgehead atoms. The Morgan fingerprint density at radius 1 is 1.11 bits per heavy atom. The topological polar surface area (TPSA) is 83.4 Å². The molecule has 2 N–H and O–H groups in total. The number of aryl methyl sites for hydroxylation is 2. The van der Waals surface area contributed by atoms with Gasteiger partial charge in [-0.05, 0) is 46.8 Å². The van der Waals surface area contributed by atoms with E-state index < -0.39 is 28.9 Å². The van der Waals surface area contributed by atoms with Crippen molar-refractivity contribution < 1.29 is 23.0 Å². The van der Waals surface area contributed by atoms with Crippen molar-refractivity contribution >= 4 is 22.4 Å². The number of morpholine rings is 1. The summed E-state index contributed by atoms with van der Waals surface area (Å²) < 4.78 is 50.3. The van der Waals surface area contributed by atoms with Gasteiger partial charge >= 0.3 is 5.92 Å². The Kier molecular flexibility index (Phi) is 6.63. The number of nitrogens with zero attached hydrogens (tertiary/aromatic N) is 4. The van der Waals surface area contributed by atoms with E-state index in [1.165, 1.54) is 12.1 Å². The Balaban J connectivity index is 1.73. The third-order valence-electron chi connectivity index (χ3n) is 6.39. The van der Waals surface area contributed by atoms with Crippen LogP contribution >= 0.6 is 0 Å². The molecule has 1 fully saturated rings. The highest BCUT2D eigenvalue weighted by Crippen LogP contribution is 2.41. The van der Waals surface area contributed by atoms with Crippen LogP contribution in [0.15, 0.2) is 24.3 Å². The minimum Gasteiger partial charge on any atom is -0.384 e. The van der Waals surface area contributed by atoms with E-state index in [1.807, 2.05) is 19.9 Å². The number of nitrogens with one attached hydrogen (secondary N) is 1. The molecule has 0 spiro atoms. The van der Waals surface area contributed by atoms with Crippen LogP contribution in [0.3, 0.4) is 0 Å². The van der Waals surface area contributed by atoms with Gasteiger partial charge in [-0.1, -0.05) is 12.1 Å². The fourth-order valence-electron chi connectivity index (χ4n) is 4.25. The van der Waals surface area contributed by atoms with E-state index in [-0.39, 0.29) is 5.56 Å². The smallest absolute Gasteiger partial charge is 0.303 e. The molecule has 7 nitrogen and oxygen atoms in total. The van der Waals surface area contributed by atoms with Gasteiger partial charge in [0.2, 0.25) is 0 Å². The van der Waals surface area contributed by atoms with Gasteiger partial charge in [-0.3, -0.25) is 0 Å². The molecular formula is C25H30F3N5O2. The van der Waals surface area contributed by atoms with Gasteiger partial charge in [-0.25, -0.2) is 9.37 Å². The SMILES string of the molecule is Cc1nc2c(C)nnc(N[C@H](C)c3cccc(C(F)(F)C(C)(C)O)c3F)c2cc1N1CCOCC1. The normalized spacial score (nSPS) is 16.0. The number of hydrogen-bond donors (Lipinski definition) is 2. The Labute approximate surface area is 202 Å². The summed E-state index contributed by atoms with van der Waals surface area (Å²) in [6, 6.07) is 5.04. The largest absolute Gasteiger partial charge is 0.384 e. The molecule has 0 amide bonds. The van der Waals surface area contributed by atoms with Crippen molar-refractivity contribution in [2.45, 2.75) is 52.2 Å². The van der Waals surface area contributed by atoms with Crippen molar-refractivity contribution in [3.8, 4) is 0 Å². The van der Waals surface area contributed by atoms with Crippen LogP contribution in [0, 0.1) is 19.7 Å². The van der Waals surface area contributed by atoms with Gasteiger partial charge in [0.25, 0.3) is 0 Å². The zero-order chi connectivity index (χ0) is 25.5. The molecule has 3 heterocycles. The van der Waals surface area contributed by atoms with Crippen LogP contribution < -0.4 is 10.2 Å². The van der Waals surface area contributed by atoms with Gasteiger partial charge in [0, 0.05) is 24.0 Å². The van der Waals surface area contributed by atoms with Crippen molar-refractivity contribution in [1.82, 2.24) is 15.2 Å². The zero-order valence-corrected chi connectivity index (χ0v) is 20.5. The van der Waals surface area contributed by atoms with Gasteiger partial charge < -0.3 is 20.1 Å². The highest BCUT2D eigenvalue weighted by molar-refractivity contribution is 5.93. The molecule has 1 saturated heterocycles. The molecule has 35 heavy (non-hydrogen) atoms. The molecule has 1 aliphatic rings. The minimum atomic E-state index is -3.78. The minimum absolute atomic E-state index is 0.0235. The summed E-state index contributed by atoms with van der Waals surface area (Å²) in [5.41, 5.74) is -0.164. The van der Waals surface area contributed by atoms with Crippen LogP contribution in [0.1, 0.15) is 49.3 Å². The second-order valence-corrected chi connectivity index (χ2v) is 9.43. The molecule has 10 heteroatoms. The van der Waals surface area contributed by atoms with Crippen molar-refractivity contribution in [3.63, 3.8) is 0 Å². The van der Waals surface area contributed by atoms with E-state index in [0.29, 0.717) is 35.6 Å². The van der Waals surface area contributed by atoms with E-state index in [1.54, 1.807) is 6.92 Å². The number of ether oxygens (including phenoxy) is 1. The van der Waals surface area contributed by atoms with E-state index >= 15 is 4.39 Å². The number of alkyl halides is 2. The summed E-state index contributed by atoms with van der Waals surface area (Å²) in [6.45, 7) is 10.0. The van der Waals surface area contributed by atoms with E-state index in [9.17, 15) is 13.9 Å². The predicted octanol–water partition coefficient (Wildman–Crippen LogP) is 4.65. The first-order valence-electron chi connectivity index (χ1n) is 11.5. The Hall–Kier alpha value is -2.98. The monoisotopic (exact) mass is 489 g/mol. The molecule has 1 aromatic carbocycles. The van der Waals surface area contributed by atoms with Gasteiger partial charge in [-0.2, -0.15) is 13.9 Å². The molecule has 1 aliphatic heterocycles. The highest BCUT2D eigenvalue weighted by atomic mass is 19.3. The quantitative estimate of drug-likeness (QED) is 0.521. The van der Waals surface area contributed by atoms with Gasteiger partial charge in [0.15, 0.2) is 5.82 Å². The van der Waals surface area contributed by atoms with E-state index in [4.69, 9.17) is 9.72 Å². The second-order valence-electron chi connectivity index (χ2n) is 9.43. The fourth-order valence-corrected chi connectivity index (χ4v) is 4.25. The predicted molar refractivity (Wildman–Crippen MR) is 128 cm³/mol. The number of anilines is 2. The number of benzene rings is 1. The average molecular weight is 490 g/mol. The number of rotatable bonds is 6.